The molecule has 0 radical (unpaired) electrons. The molecule has 124 valence electrons. The molecule has 0 fully saturated rings. The van der Waals surface area contributed by atoms with Crippen LogP contribution in [0.15, 0.2) is 22.7 Å². The van der Waals surface area contributed by atoms with Gasteiger partial charge in [0, 0.05) is 12.6 Å². The van der Waals surface area contributed by atoms with Crippen molar-refractivity contribution in [2.24, 2.45) is 0 Å². The van der Waals surface area contributed by atoms with Crippen LogP contribution in [0.1, 0.15) is 27.2 Å². The molecule has 0 spiro atoms. The topological polar surface area (TPSA) is 41.6 Å². The fourth-order valence-electron chi connectivity index (χ4n) is 1.76. The molecule has 1 aromatic carbocycles. The molecule has 4 nitrogen and oxygen atoms in total. The van der Waals surface area contributed by atoms with Crippen molar-refractivity contribution in [2.45, 2.75) is 39.3 Å². The van der Waals surface area contributed by atoms with Crippen molar-refractivity contribution in [1.82, 2.24) is 10.2 Å². The first kappa shape index (κ1) is 18.9. The fraction of sp³-hybridized carbons (Fsp3) is 0.562. The van der Waals surface area contributed by atoms with Crippen LogP contribution in [0, 0.1) is 5.82 Å². The Kier molecular flexibility index (Phi) is 7.82. The van der Waals surface area contributed by atoms with Crippen molar-refractivity contribution in [2.75, 3.05) is 20.1 Å². The van der Waals surface area contributed by atoms with Gasteiger partial charge in [0.2, 0.25) is 0 Å². The Morgan fingerprint density at radius 2 is 2.09 bits per heavy atom. The minimum Gasteiger partial charge on any atom is -0.480 e. The lowest BCUT2D eigenvalue weighted by molar-refractivity contribution is -0.127. The van der Waals surface area contributed by atoms with Crippen LogP contribution in [0.2, 0.25) is 0 Å². The van der Waals surface area contributed by atoms with Crippen molar-refractivity contribution in [1.29, 1.82) is 0 Å². The van der Waals surface area contributed by atoms with E-state index in [0.717, 1.165) is 13.0 Å². The fourth-order valence-corrected chi connectivity index (χ4v) is 2.20. The van der Waals surface area contributed by atoms with E-state index >= 15 is 0 Å². The molecule has 1 N–H and O–H groups in total. The zero-order chi connectivity index (χ0) is 16.7. The van der Waals surface area contributed by atoms with E-state index in [1.165, 1.54) is 18.2 Å². The predicted octanol–water partition coefficient (Wildman–Crippen LogP) is 3.20. The number of benzene rings is 1. The number of carbonyl (C=O) groups is 1. The lowest BCUT2D eigenvalue weighted by Crippen LogP contribution is -2.38. The number of amides is 1. The largest absolute Gasteiger partial charge is 0.480 e. The van der Waals surface area contributed by atoms with Gasteiger partial charge in [-0.15, -0.1) is 0 Å². The number of nitrogens with zero attached hydrogens (tertiary/aromatic N) is 1. The number of carbonyl (C=O) groups excluding carboxylic acids is 1. The van der Waals surface area contributed by atoms with Gasteiger partial charge in [-0.3, -0.25) is 4.79 Å². The van der Waals surface area contributed by atoms with E-state index < -0.39 is 6.10 Å². The number of hydrogen-bond acceptors (Lipinski definition) is 3. The molecular weight excluding hydrogens is 351 g/mol. The van der Waals surface area contributed by atoms with Crippen molar-refractivity contribution < 1.29 is 13.9 Å². The van der Waals surface area contributed by atoms with E-state index in [0.29, 0.717) is 22.8 Å². The molecule has 0 bridgehead atoms. The minimum atomic E-state index is -0.635. The van der Waals surface area contributed by atoms with Crippen LogP contribution in [0.5, 0.6) is 5.75 Å². The Hall–Kier alpha value is -1.14. The summed E-state index contributed by atoms with van der Waals surface area (Å²) in [7, 11) is 2.06. The standard InChI is InChI=1S/C16H24BrFN2O2/c1-11(2)20(4)9-5-8-19-16(21)12(3)22-15-7-6-13(18)10-14(15)17/h6-7,10-12H,5,8-9H2,1-4H3,(H,19,21). The summed E-state index contributed by atoms with van der Waals surface area (Å²) < 4.78 is 19.0. The van der Waals surface area contributed by atoms with Gasteiger partial charge in [-0.25, -0.2) is 4.39 Å². The number of rotatable bonds is 8. The van der Waals surface area contributed by atoms with E-state index in [-0.39, 0.29) is 11.7 Å². The van der Waals surface area contributed by atoms with Crippen LogP contribution in [0.25, 0.3) is 0 Å². The van der Waals surface area contributed by atoms with Gasteiger partial charge in [0.15, 0.2) is 6.10 Å². The van der Waals surface area contributed by atoms with Crippen LogP contribution >= 0.6 is 15.9 Å². The van der Waals surface area contributed by atoms with Gasteiger partial charge in [0.05, 0.1) is 4.47 Å². The first-order valence-corrected chi connectivity index (χ1v) is 8.20. The van der Waals surface area contributed by atoms with Gasteiger partial charge >= 0.3 is 0 Å². The van der Waals surface area contributed by atoms with Gasteiger partial charge in [-0.1, -0.05) is 0 Å². The Bertz CT molecular complexity index is 497. The van der Waals surface area contributed by atoms with Crippen LogP contribution in [0.4, 0.5) is 4.39 Å². The minimum absolute atomic E-state index is 0.177. The summed E-state index contributed by atoms with van der Waals surface area (Å²) in [6.45, 7) is 7.47. The number of ether oxygens (including phenoxy) is 1. The third-order valence-corrected chi connectivity index (χ3v) is 4.05. The Morgan fingerprint density at radius 3 is 2.68 bits per heavy atom. The predicted molar refractivity (Wildman–Crippen MR) is 89.6 cm³/mol. The van der Waals surface area contributed by atoms with Gasteiger partial charge in [0.25, 0.3) is 5.91 Å². The molecule has 22 heavy (non-hydrogen) atoms. The monoisotopic (exact) mass is 374 g/mol. The van der Waals surface area contributed by atoms with E-state index in [2.05, 4.69) is 47.0 Å². The molecule has 1 aromatic rings. The summed E-state index contributed by atoms with van der Waals surface area (Å²) in [6.07, 6.45) is 0.248. The molecule has 1 atom stereocenters. The Morgan fingerprint density at radius 1 is 1.41 bits per heavy atom. The molecule has 0 aliphatic heterocycles. The van der Waals surface area contributed by atoms with Gasteiger partial charge in [-0.2, -0.15) is 0 Å². The average Bonchev–Trinajstić information content (AvgIpc) is 2.45. The normalized spacial score (nSPS) is 12.5. The number of hydrogen-bond donors (Lipinski definition) is 1. The molecule has 0 aliphatic rings. The molecule has 0 aliphatic carbocycles. The lowest BCUT2D eigenvalue weighted by Gasteiger charge is -2.21. The van der Waals surface area contributed by atoms with E-state index in [1.807, 2.05) is 0 Å². The third-order valence-electron chi connectivity index (χ3n) is 3.44. The summed E-state index contributed by atoms with van der Waals surface area (Å²) in [5, 5.41) is 2.85. The quantitative estimate of drug-likeness (QED) is 0.710. The van der Waals surface area contributed by atoms with Crippen molar-refractivity contribution in [3.05, 3.63) is 28.5 Å². The highest BCUT2D eigenvalue weighted by molar-refractivity contribution is 9.10. The molecular formula is C16H24BrFN2O2. The van der Waals surface area contributed by atoms with Crippen molar-refractivity contribution >= 4 is 21.8 Å². The highest BCUT2D eigenvalue weighted by atomic mass is 79.9. The zero-order valence-corrected chi connectivity index (χ0v) is 15.1. The summed E-state index contributed by atoms with van der Waals surface area (Å²) in [5.74, 6) is -0.0855. The van der Waals surface area contributed by atoms with Crippen LogP contribution in [-0.2, 0) is 4.79 Å². The van der Waals surface area contributed by atoms with Crippen LogP contribution < -0.4 is 10.1 Å². The second kappa shape index (κ2) is 9.10. The first-order chi connectivity index (χ1) is 10.3. The maximum absolute atomic E-state index is 13.0. The summed E-state index contributed by atoms with van der Waals surface area (Å²) in [4.78, 5) is 14.2. The van der Waals surface area contributed by atoms with Crippen molar-refractivity contribution in [3.63, 3.8) is 0 Å². The average molecular weight is 375 g/mol. The van der Waals surface area contributed by atoms with Crippen molar-refractivity contribution in [3.8, 4) is 5.75 Å². The molecule has 0 saturated heterocycles. The molecule has 0 aromatic heterocycles. The molecule has 1 unspecified atom stereocenters. The SMILES string of the molecule is CC(Oc1ccc(F)cc1Br)C(=O)NCCCN(C)C(C)C. The maximum Gasteiger partial charge on any atom is 0.260 e. The molecule has 1 rings (SSSR count). The van der Waals surface area contributed by atoms with Crippen LogP contribution in [-0.4, -0.2) is 43.1 Å². The highest BCUT2D eigenvalue weighted by Gasteiger charge is 2.15. The number of halogens is 2. The Labute approximate surface area is 140 Å². The molecule has 6 heteroatoms. The lowest BCUT2D eigenvalue weighted by atomic mass is 10.3. The third kappa shape index (κ3) is 6.32. The maximum atomic E-state index is 13.0. The van der Waals surface area contributed by atoms with Gasteiger partial charge in [0.1, 0.15) is 11.6 Å². The van der Waals surface area contributed by atoms with Crippen LogP contribution in [0.3, 0.4) is 0 Å². The smallest absolute Gasteiger partial charge is 0.260 e. The molecule has 0 saturated carbocycles. The second-order valence-electron chi connectivity index (χ2n) is 5.55. The van der Waals surface area contributed by atoms with E-state index in [9.17, 15) is 9.18 Å². The molecule has 0 heterocycles. The Balaban J connectivity index is 2.36. The second-order valence-corrected chi connectivity index (χ2v) is 6.41. The van der Waals surface area contributed by atoms with E-state index in [4.69, 9.17) is 4.74 Å². The summed E-state index contributed by atoms with van der Waals surface area (Å²) in [5.41, 5.74) is 0. The summed E-state index contributed by atoms with van der Waals surface area (Å²) >= 11 is 3.22. The highest BCUT2D eigenvalue weighted by Crippen LogP contribution is 2.26. The molecule has 1 amide bonds. The first-order valence-electron chi connectivity index (χ1n) is 7.41. The van der Waals surface area contributed by atoms with E-state index in [1.54, 1.807) is 6.92 Å². The summed E-state index contributed by atoms with van der Waals surface area (Å²) in [6, 6.07) is 4.60. The van der Waals surface area contributed by atoms with Gasteiger partial charge in [-0.05, 0) is 74.9 Å². The number of nitrogens with one attached hydrogen (secondary N) is 1. The van der Waals surface area contributed by atoms with Gasteiger partial charge < -0.3 is 15.0 Å². The zero-order valence-electron chi connectivity index (χ0n) is 13.5.